The largest absolute Gasteiger partial charge is 0.378 e. The number of morpholine rings is 1. The van der Waals surface area contributed by atoms with E-state index in [0.29, 0.717) is 52.6 Å². The van der Waals surface area contributed by atoms with E-state index in [0.717, 1.165) is 18.7 Å². The van der Waals surface area contributed by atoms with Crippen molar-refractivity contribution >= 4 is 40.7 Å². The highest BCUT2D eigenvalue weighted by molar-refractivity contribution is 6.42. The third kappa shape index (κ3) is 3.29. The van der Waals surface area contributed by atoms with Gasteiger partial charge >= 0.3 is 0 Å². The van der Waals surface area contributed by atoms with Crippen molar-refractivity contribution in [2.45, 2.75) is 25.0 Å². The number of nitrogens with zero attached hydrogens (tertiary/aromatic N) is 3. The average Bonchev–Trinajstić information content (AvgIpc) is 3.16. The number of amides is 1. The maximum absolute atomic E-state index is 13.4. The molecule has 4 fully saturated rings. The first-order valence-electron chi connectivity index (χ1n) is 11.1. The van der Waals surface area contributed by atoms with Gasteiger partial charge in [0.15, 0.2) is 0 Å². The van der Waals surface area contributed by atoms with Crippen LogP contribution in [0.4, 0.5) is 11.6 Å². The summed E-state index contributed by atoms with van der Waals surface area (Å²) in [5.74, 6) is 1.84. The number of halogens is 2. The molecule has 1 N–H and O–H groups in total. The Labute approximate surface area is 196 Å². The van der Waals surface area contributed by atoms with Gasteiger partial charge in [0.1, 0.15) is 0 Å². The zero-order valence-corrected chi connectivity index (χ0v) is 19.1. The zero-order valence-electron chi connectivity index (χ0n) is 17.6. The molecule has 1 aliphatic carbocycles. The van der Waals surface area contributed by atoms with Crippen LogP contribution in [-0.2, 0) is 14.3 Å². The van der Waals surface area contributed by atoms with Gasteiger partial charge in [0.05, 0.1) is 41.4 Å². The Balaban J connectivity index is 1.27. The maximum atomic E-state index is 13.4. The lowest BCUT2D eigenvalue weighted by Gasteiger charge is -2.28. The summed E-state index contributed by atoms with van der Waals surface area (Å²) in [5, 5.41) is 3.90. The van der Waals surface area contributed by atoms with Crippen LogP contribution in [0.15, 0.2) is 30.6 Å². The molecular weight excluding hydrogens is 451 g/mol. The molecule has 3 aliphatic heterocycles. The molecule has 1 saturated carbocycles. The second kappa shape index (κ2) is 7.83. The molecule has 7 atom stereocenters. The monoisotopic (exact) mass is 474 g/mol. The number of ether oxygens (including phenoxy) is 2. The summed E-state index contributed by atoms with van der Waals surface area (Å²) >= 11 is 12.2. The van der Waals surface area contributed by atoms with Crippen molar-refractivity contribution in [2.75, 3.05) is 36.5 Å². The van der Waals surface area contributed by atoms with Crippen molar-refractivity contribution in [3.05, 3.63) is 46.2 Å². The minimum absolute atomic E-state index is 0.0300. The first-order valence-corrected chi connectivity index (χ1v) is 11.8. The Bertz CT molecular complexity index is 1050. The van der Waals surface area contributed by atoms with Gasteiger partial charge in [-0.25, -0.2) is 9.97 Å². The molecule has 2 aromatic rings. The van der Waals surface area contributed by atoms with Gasteiger partial charge < -0.3 is 19.7 Å². The van der Waals surface area contributed by atoms with Gasteiger partial charge in [-0.3, -0.25) is 4.79 Å². The molecule has 6 rings (SSSR count). The Morgan fingerprint density at radius 1 is 1.09 bits per heavy atom. The number of nitrogens with one attached hydrogen (secondary N) is 1. The van der Waals surface area contributed by atoms with Crippen molar-refractivity contribution in [3.8, 4) is 0 Å². The Morgan fingerprint density at radius 3 is 2.53 bits per heavy atom. The van der Waals surface area contributed by atoms with Crippen molar-refractivity contribution in [3.63, 3.8) is 0 Å². The first kappa shape index (κ1) is 20.7. The molecule has 1 aromatic heterocycles. The number of hydrogen-bond donors (Lipinski definition) is 1. The van der Waals surface area contributed by atoms with Crippen LogP contribution in [0.1, 0.15) is 18.4 Å². The summed E-state index contributed by atoms with van der Waals surface area (Å²) in [4.78, 5) is 24.8. The smallest absolute Gasteiger partial charge is 0.230 e. The minimum Gasteiger partial charge on any atom is -0.378 e. The normalized spacial score (nSPS) is 35.0. The van der Waals surface area contributed by atoms with Crippen LogP contribution in [0.25, 0.3) is 0 Å². The topological polar surface area (TPSA) is 76.6 Å². The van der Waals surface area contributed by atoms with Gasteiger partial charge in [-0.2, -0.15) is 0 Å². The highest BCUT2D eigenvalue weighted by Crippen LogP contribution is 2.68. The third-order valence-electron chi connectivity index (χ3n) is 7.51. The second-order valence-corrected chi connectivity index (χ2v) is 9.98. The molecule has 4 aliphatic rings. The standard InChI is InChI=1S/C23H24Cl2N4O3/c1-11-16-17(11)21-19(22(30)28-13-2-3-14(24)15(25)8-13)18(20(16)32-21)12-9-26-23(27-10-12)29-4-6-31-7-5-29/h2-3,8-11,16-21H,4-7H2,1H3,(H,28,30)/t11?,16?,17?,18-,19-,20+,21-/m1/s1. The van der Waals surface area contributed by atoms with Crippen LogP contribution in [0.3, 0.4) is 0 Å². The number of carbonyl (C=O) groups is 1. The lowest BCUT2D eigenvalue weighted by molar-refractivity contribution is -0.122. The quantitative estimate of drug-likeness (QED) is 0.728. The van der Waals surface area contributed by atoms with E-state index in [1.165, 1.54) is 0 Å². The van der Waals surface area contributed by atoms with Gasteiger partial charge in [0.25, 0.3) is 0 Å². The Hall–Kier alpha value is -1.93. The molecular formula is C23H24Cl2N4O3. The highest BCUT2D eigenvalue weighted by atomic mass is 35.5. The SMILES string of the molecule is CC1C2C1[C@@H]1O[C@H]2[C@H](C(=O)Nc2ccc(Cl)c(Cl)c2)[C@H]1c1cnc(N2CCOCC2)nc1. The van der Waals surface area contributed by atoms with Gasteiger partial charge in [-0.15, -0.1) is 0 Å². The first-order chi connectivity index (χ1) is 15.5. The lowest BCUT2D eigenvalue weighted by Crippen LogP contribution is -2.38. The average molecular weight is 475 g/mol. The van der Waals surface area contributed by atoms with Crippen LogP contribution in [0, 0.1) is 23.7 Å². The fourth-order valence-corrected chi connectivity index (χ4v) is 6.22. The second-order valence-electron chi connectivity index (χ2n) is 9.16. The van der Waals surface area contributed by atoms with Crippen molar-refractivity contribution in [1.29, 1.82) is 0 Å². The van der Waals surface area contributed by atoms with Gasteiger partial charge in [-0.05, 0) is 41.5 Å². The van der Waals surface area contributed by atoms with Gasteiger partial charge in [0, 0.05) is 37.1 Å². The van der Waals surface area contributed by atoms with Crippen LogP contribution < -0.4 is 10.2 Å². The number of benzene rings is 1. The molecule has 0 spiro atoms. The summed E-state index contributed by atoms with van der Waals surface area (Å²) in [5.41, 5.74) is 1.59. The number of anilines is 2. The maximum Gasteiger partial charge on any atom is 0.230 e. The van der Waals surface area contributed by atoms with E-state index in [9.17, 15) is 4.79 Å². The molecule has 3 unspecified atom stereocenters. The number of rotatable bonds is 4. The Kier molecular flexibility index (Phi) is 5.06. The summed E-state index contributed by atoms with van der Waals surface area (Å²) < 4.78 is 11.8. The van der Waals surface area contributed by atoms with E-state index < -0.39 is 0 Å². The molecule has 32 heavy (non-hydrogen) atoms. The molecule has 3 saturated heterocycles. The van der Waals surface area contributed by atoms with Crippen molar-refractivity contribution in [2.24, 2.45) is 23.7 Å². The third-order valence-corrected chi connectivity index (χ3v) is 8.25. The van der Waals surface area contributed by atoms with E-state index in [1.54, 1.807) is 18.2 Å². The predicted octanol–water partition coefficient (Wildman–Crippen LogP) is 3.62. The molecule has 9 heteroatoms. The minimum atomic E-state index is -0.293. The summed E-state index contributed by atoms with van der Waals surface area (Å²) in [7, 11) is 0. The number of hydrogen-bond acceptors (Lipinski definition) is 6. The number of aromatic nitrogens is 2. The molecule has 168 valence electrons. The van der Waals surface area contributed by atoms with Crippen LogP contribution in [0.2, 0.25) is 10.0 Å². The van der Waals surface area contributed by atoms with E-state index in [-0.39, 0.29) is 30.0 Å². The zero-order chi connectivity index (χ0) is 22.0. The summed E-state index contributed by atoms with van der Waals surface area (Å²) in [6, 6.07) is 5.12. The van der Waals surface area contributed by atoms with E-state index in [4.69, 9.17) is 32.7 Å². The van der Waals surface area contributed by atoms with Crippen LogP contribution >= 0.6 is 23.2 Å². The fraction of sp³-hybridized carbons (Fsp3) is 0.522. The van der Waals surface area contributed by atoms with Crippen LogP contribution in [-0.4, -0.2) is 54.4 Å². The van der Waals surface area contributed by atoms with Crippen LogP contribution in [0.5, 0.6) is 0 Å². The number of carbonyl (C=O) groups excluding carboxylic acids is 1. The van der Waals surface area contributed by atoms with Gasteiger partial charge in [-0.1, -0.05) is 30.1 Å². The number of fused-ring (bicyclic) bond motifs is 5. The molecule has 4 heterocycles. The molecule has 1 aromatic carbocycles. The molecule has 0 radical (unpaired) electrons. The van der Waals surface area contributed by atoms with Gasteiger partial charge in [0.2, 0.25) is 11.9 Å². The summed E-state index contributed by atoms with van der Waals surface area (Å²) in [6.45, 7) is 5.19. The fourth-order valence-electron chi connectivity index (χ4n) is 5.92. The molecule has 2 bridgehead atoms. The highest BCUT2D eigenvalue weighted by Gasteiger charge is 2.72. The van der Waals surface area contributed by atoms with Crippen molar-refractivity contribution in [1.82, 2.24) is 9.97 Å². The van der Waals surface area contributed by atoms with E-state index >= 15 is 0 Å². The van der Waals surface area contributed by atoms with E-state index in [2.05, 4.69) is 27.1 Å². The predicted molar refractivity (Wildman–Crippen MR) is 121 cm³/mol. The Morgan fingerprint density at radius 2 is 1.81 bits per heavy atom. The van der Waals surface area contributed by atoms with E-state index in [1.807, 2.05) is 12.4 Å². The summed E-state index contributed by atoms with van der Waals surface area (Å²) in [6.07, 6.45) is 3.69. The van der Waals surface area contributed by atoms with Crippen molar-refractivity contribution < 1.29 is 14.3 Å². The molecule has 7 nitrogen and oxygen atoms in total. The lowest BCUT2D eigenvalue weighted by atomic mass is 9.75. The molecule has 1 amide bonds.